The Kier molecular flexibility index (Phi) is 5.73. The second-order valence-electron chi connectivity index (χ2n) is 4.76. The van der Waals surface area contributed by atoms with E-state index in [-0.39, 0.29) is 17.3 Å². The van der Waals surface area contributed by atoms with Crippen molar-refractivity contribution in [2.24, 2.45) is 0 Å². The van der Waals surface area contributed by atoms with E-state index in [0.29, 0.717) is 15.2 Å². The maximum atomic E-state index is 13.1. The van der Waals surface area contributed by atoms with Gasteiger partial charge in [0.2, 0.25) is 5.91 Å². The maximum absolute atomic E-state index is 13.1. The molecule has 2 rings (SSSR count). The van der Waals surface area contributed by atoms with Gasteiger partial charge >= 0.3 is 0 Å². The zero-order chi connectivity index (χ0) is 16.1. The number of rotatable bonds is 6. The molecule has 0 spiro atoms. The smallest absolute Gasteiger partial charge is 0.295 e. The summed E-state index contributed by atoms with van der Waals surface area (Å²) in [5.74, 6) is -0.616. The highest BCUT2D eigenvalue weighted by Gasteiger charge is 2.18. The number of carbonyl (C=O) groups excluding carboxylic acids is 1. The lowest BCUT2D eigenvalue weighted by atomic mass is 10.3. The van der Waals surface area contributed by atoms with Crippen LogP contribution in [0.3, 0.4) is 0 Å². The number of thioether (sulfide) groups is 1. The number of hydrogen-bond donors (Lipinski definition) is 1. The highest BCUT2D eigenvalue weighted by molar-refractivity contribution is 8.02. The first-order valence-electron chi connectivity index (χ1n) is 6.67. The van der Waals surface area contributed by atoms with Gasteiger partial charge in [0.05, 0.1) is 11.4 Å². The molecule has 0 bridgehead atoms. The Bertz CT molecular complexity index is 649. The first kappa shape index (κ1) is 16.7. The van der Waals surface area contributed by atoms with Crippen LogP contribution in [0.5, 0.6) is 5.19 Å². The molecule has 1 unspecified atom stereocenters. The number of halogens is 1. The summed E-state index contributed by atoms with van der Waals surface area (Å²) < 4.78 is 19.2. The van der Waals surface area contributed by atoms with E-state index >= 15 is 0 Å². The van der Waals surface area contributed by atoms with Crippen molar-refractivity contribution < 1.29 is 13.9 Å². The van der Waals surface area contributed by atoms with E-state index in [1.165, 1.54) is 35.2 Å². The lowest BCUT2D eigenvalue weighted by Gasteiger charge is -2.10. The van der Waals surface area contributed by atoms with Crippen molar-refractivity contribution in [3.8, 4) is 5.19 Å². The molecule has 1 atom stereocenters. The summed E-state index contributed by atoms with van der Waals surface area (Å²) in [6.45, 7) is 5.57. The molecule has 1 aromatic carbocycles. The lowest BCUT2D eigenvalue weighted by Crippen LogP contribution is -2.22. The van der Waals surface area contributed by atoms with E-state index in [4.69, 9.17) is 4.74 Å². The summed E-state index contributed by atoms with van der Waals surface area (Å²) >= 11 is 2.58. The monoisotopic (exact) mass is 341 g/mol. The van der Waals surface area contributed by atoms with Crippen molar-refractivity contribution in [3.05, 3.63) is 30.1 Å². The van der Waals surface area contributed by atoms with Gasteiger partial charge < -0.3 is 10.1 Å². The minimum Gasteiger partial charge on any atom is -0.466 e. The van der Waals surface area contributed by atoms with Crippen LogP contribution >= 0.6 is 23.1 Å². The molecule has 22 heavy (non-hydrogen) atoms. The minimum atomic E-state index is -0.391. The van der Waals surface area contributed by atoms with Gasteiger partial charge in [-0.15, -0.1) is 5.10 Å². The fraction of sp³-hybridized carbons (Fsp3) is 0.357. The average Bonchev–Trinajstić information content (AvgIpc) is 2.85. The van der Waals surface area contributed by atoms with Crippen LogP contribution in [0.1, 0.15) is 20.8 Å². The van der Waals surface area contributed by atoms with Crippen LogP contribution in [-0.2, 0) is 4.79 Å². The lowest BCUT2D eigenvalue weighted by molar-refractivity contribution is -0.115. The van der Waals surface area contributed by atoms with Crippen LogP contribution in [0.4, 0.5) is 10.1 Å². The molecular formula is C14H16FN3O2S2. The summed E-state index contributed by atoms with van der Waals surface area (Å²) in [5, 5.41) is 10.7. The highest BCUT2D eigenvalue weighted by Crippen LogP contribution is 2.31. The van der Waals surface area contributed by atoms with Gasteiger partial charge in [-0.1, -0.05) is 22.9 Å². The van der Waals surface area contributed by atoms with Crippen LogP contribution in [0, 0.1) is 5.82 Å². The van der Waals surface area contributed by atoms with Crippen molar-refractivity contribution in [3.63, 3.8) is 0 Å². The Balaban J connectivity index is 1.92. The molecule has 0 fully saturated rings. The van der Waals surface area contributed by atoms with Gasteiger partial charge in [0.15, 0.2) is 4.34 Å². The summed E-state index contributed by atoms with van der Waals surface area (Å²) in [5.41, 5.74) is 0.429. The quantitative estimate of drug-likeness (QED) is 0.814. The minimum absolute atomic E-state index is 0.0273. The van der Waals surface area contributed by atoms with Gasteiger partial charge in [-0.3, -0.25) is 4.79 Å². The first-order valence-corrected chi connectivity index (χ1v) is 8.37. The van der Waals surface area contributed by atoms with Crippen LogP contribution < -0.4 is 10.1 Å². The summed E-state index contributed by atoms with van der Waals surface area (Å²) in [6, 6.07) is 5.78. The van der Waals surface area contributed by atoms with Crippen LogP contribution in [0.15, 0.2) is 28.6 Å². The number of benzene rings is 1. The molecule has 0 saturated carbocycles. The van der Waals surface area contributed by atoms with E-state index < -0.39 is 5.82 Å². The van der Waals surface area contributed by atoms with Crippen LogP contribution in [0.2, 0.25) is 0 Å². The number of ether oxygens (including phenoxy) is 1. The van der Waals surface area contributed by atoms with Crippen molar-refractivity contribution in [1.82, 2.24) is 10.2 Å². The normalized spacial score (nSPS) is 12.2. The second-order valence-corrected chi connectivity index (χ2v) is 7.29. The van der Waals surface area contributed by atoms with Gasteiger partial charge in [-0.05, 0) is 50.3 Å². The molecule has 0 aliphatic heterocycles. The Morgan fingerprint density at radius 1 is 1.36 bits per heavy atom. The zero-order valence-corrected chi connectivity index (χ0v) is 14.0. The standard InChI is InChI=1S/C14H16FN3O2S2/c1-8(2)20-13-17-18-14(22-13)21-9(3)12(19)16-11-6-4-5-10(15)7-11/h4-9H,1-3H3,(H,16,19). The Labute approximate surface area is 136 Å². The number of nitrogens with zero attached hydrogens (tertiary/aromatic N) is 2. The molecular weight excluding hydrogens is 325 g/mol. The van der Waals surface area contributed by atoms with Gasteiger partial charge in [0.25, 0.3) is 5.19 Å². The molecule has 1 heterocycles. The molecule has 1 amide bonds. The molecule has 2 aromatic rings. The SMILES string of the molecule is CC(C)Oc1nnc(SC(C)C(=O)Nc2cccc(F)c2)s1. The van der Waals surface area contributed by atoms with E-state index in [1.54, 1.807) is 19.1 Å². The van der Waals surface area contributed by atoms with Gasteiger partial charge in [0.1, 0.15) is 5.82 Å². The molecule has 0 saturated heterocycles. The molecule has 5 nitrogen and oxygen atoms in total. The van der Waals surface area contributed by atoms with E-state index in [9.17, 15) is 9.18 Å². The third-order valence-electron chi connectivity index (χ3n) is 2.46. The summed E-state index contributed by atoms with van der Waals surface area (Å²) in [6.07, 6.45) is 0.0273. The summed E-state index contributed by atoms with van der Waals surface area (Å²) in [7, 11) is 0. The van der Waals surface area contributed by atoms with E-state index in [2.05, 4.69) is 15.5 Å². The Morgan fingerprint density at radius 2 is 2.14 bits per heavy atom. The maximum Gasteiger partial charge on any atom is 0.295 e. The van der Waals surface area contributed by atoms with Crippen molar-refractivity contribution in [1.29, 1.82) is 0 Å². The highest BCUT2D eigenvalue weighted by atomic mass is 32.2. The third-order valence-corrected chi connectivity index (χ3v) is 4.46. The number of anilines is 1. The molecule has 0 radical (unpaired) electrons. The predicted octanol–water partition coefficient (Wildman–Crippen LogP) is 3.58. The van der Waals surface area contributed by atoms with E-state index in [0.717, 1.165) is 0 Å². The van der Waals surface area contributed by atoms with Crippen molar-refractivity contribution in [2.45, 2.75) is 36.5 Å². The molecule has 8 heteroatoms. The number of hydrogen-bond acceptors (Lipinski definition) is 6. The average molecular weight is 341 g/mol. The fourth-order valence-corrected chi connectivity index (χ4v) is 3.46. The molecule has 1 N–H and O–H groups in total. The van der Waals surface area contributed by atoms with Crippen molar-refractivity contribution >= 4 is 34.7 Å². The molecule has 1 aromatic heterocycles. The third kappa shape index (κ3) is 4.96. The first-order chi connectivity index (χ1) is 10.4. The van der Waals surface area contributed by atoms with Gasteiger partial charge in [0, 0.05) is 5.69 Å². The predicted molar refractivity (Wildman–Crippen MR) is 86.0 cm³/mol. The Hall–Kier alpha value is -1.67. The zero-order valence-electron chi connectivity index (χ0n) is 12.4. The van der Waals surface area contributed by atoms with Crippen LogP contribution in [0.25, 0.3) is 0 Å². The summed E-state index contributed by atoms with van der Waals surface area (Å²) in [4.78, 5) is 12.1. The van der Waals surface area contributed by atoms with Crippen molar-refractivity contribution in [2.75, 3.05) is 5.32 Å². The van der Waals surface area contributed by atoms with Crippen LogP contribution in [-0.4, -0.2) is 27.5 Å². The molecule has 0 aliphatic rings. The van der Waals surface area contributed by atoms with E-state index in [1.807, 2.05) is 13.8 Å². The molecule has 118 valence electrons. The van der Waals surface area contributed by atoms with Gasteiger partial charge in [-0.25, -0.2) is 4.39 Å². The topological polar surface area (TPSA) is 64.1 Å². The second kappa shape index (κ2) is 7.55. The number of aromatic nitrogens is 2. The molecule has 0 aliphatic carbocycles. The number of carbonyl (C=O) groups is 1. The fourth-order valence-electron chi connectivity index (χ4n) is 1.51. The largest absolute Gasteiger partial charge is 0.466 e. The Morgan fingerprint density at radius 3 is 2.82 bits per heavy atom. The number of amides is 1. The number of nitrogens with one attached hydrogen (secondary N) is 1. The van der Waals surface area contributed by atoms with Gasteiger partial charge in [-0.2, -0.15) is 0 Å².